The second kappa shape index (κ2) is 7.26. The molecule has 1 N–H and O–H groups in total. The van der Waals surface area contributed by atoms with Crippen LogP contribution >= 0.6 is 34.8 Å². The van der Waals surface area contributed by atoms with E-state index < -0.39 is 10.0 Å². The summed E-state index contributed by atoms with van der Waals surface area (Å²) in [5.41, 5.74) is 1.72. The van der Waals surface area contributed by atoms with Gasteiger partial charge in [-0.15, -0.1) is 0 Å². The third-order valence-corrected chi connectivity index (χ3v) is 6.10. The van der Waals surface area contributed by atoms with Gasteiger partial charge in [0, 0.05) is 5.56 Å². The van der Waals surface area contributed by atoms with E-state index in [0.717, 1.165) is 0 Å². The van der Waals surface area contributed by atoms with Crippen molar-refractivity contribution in [1.82, 2.24) is 0 Å². The van der Waals surface area contributed by atoms with Crippen LogP contribution in [0.1, 0.15) is 0 Å². The highest BCUT2D eigenvalue weighted by molar-refractivity contribution is 7.92. The molecule has 3 aromatic rings. The Morgan fingerprint density at radius 3 is 1.96 bits per heavy atom. The summed E-state index contributed by atoms with van der Waals surface area (Å²) in [4.78, 5) is 0.178. The van der Waals surface area contributed by atoms with E-state index in [4.69, 9.17) is 34.8 Å². The van der Waals surface area contributed by atoms with E-state index in [1.807, 2.05) is 0 Å². The lowest BCUT2D eigenvalue weighted by atomic mass is 10.0. The first-order valence-electron chi connectivity index (χ1n) is 7.20. The molecule has 0 unspecified atom stereocenters. The third kappa shape index (κ3) is 3.93. The van der Waals surface area contributed by atoms with Crippen molar-refractivity contribution < 1.29 is 8.42 Å². The van der Waals surface area contributed by atoms with Crippen LogP contribution in [0.3, 0.4) is 0 Å². The Bertz CT molecular complexity index is 998. The van der Waals surface area contributed by atoms with E-state index in [1.54, 1.807) is 54.6 Å². The molecule has 3 aromatic carbocycles. The molecule has 0 atom stereocenters. The largest absolute Gasteiger partial charge is 0.279 e. The number of anilines is 1. The Morgan fingerprint density at radius 1 is 0.760 bits per heavy atom. The maximum atomic E-state index is 12.6. The van der Waals surface area contributed by atoms with Gasteiger partial charge in [-0.2, -0.15) is 0 Å². The molecule has 0 saturated heterocycles. The average Bonchev–Trinajstić information content (AvgIpc) is 2.60. The molecule has 7 heteroatoms. The van der Waals surface area contributed by atoms with Gasteiger partial charge in [0.25, 0.3) is 10.0 Å². The van der Waals surface area contributed by atoms with Crippen LogP contribution in [0.25, 0.3) is 11.1 Å². The van der Waals surface area contributed by atoms with Crippen LogP contribution in [-0.4, -0.2) is 8.42 Å². The molecule has 0 aliphatic rings. The van der Waals surface area contributed by atoms with Crippen molar-refractivity contribution >= 4 is 50.5 Å². The lowest BCUT2D eigenvalue weighted by Crippen LogP contribution is -2.13. The summed E-state index contributed by atoms with van der Waals surface area (Å²) < 4.78 is 27.8. The van der Waals surface area contributed by atoms with E-state index in [-0.39, 0.29) is 9.92 Å². The molecule has 0 radical (unpaired) electrons. The van der Waals surface area contributed by atoms with Gasteiger partial charge in [-0.3, -0.25) is 4.72 Å². The van der Waals surface area contributed by atoms with Crippen LogP contribution in [0.2, 0.25) is 15.1 Å². The predicted octanol–water partition coefficient (Wildman–Crippen LogP) is 6.11. The van der Waals surface area contributed by atoms with Crippen LogP contribution in [0.15, 0.2) is 71.6 Å². The molecular formula is C18H12Cl3NO2S. The van der Waals surface area contributed by atoms with E-state index in [2.05, 4.69) is 4.72 Å². The summed E-state index contributed by atoms with van der Waals surface area (Å²) in [5, 5.41) is 0.851. The highest BCUT2D eigenvalue weighted by Crippen LogP contribution is 2.37. The Labute approximate surface area is 161 Å². The van der Waals surface area contributed by atoms with Gasteiger partial charge in [-0.1, -0.05) is 71.2 Å². The van der Waals surface area contributed by atoms with E-state index in [9.17, 15) is 8.42 Å². The highest BCUT2D eigenvalue weighted by Gasteiger charge is 2.17. The highest BCUT2D eigenvalue weighted by atomic mass is 35.5. The number of halogens is 3. The van der Waals surface area contributed by atoms with Gasteiger partial charge in [-0.05, 0) is 35.9 Å². The normalized spacial score (nSPS) is 11.3. The molecule has 0 saturated carbocycles. The molecular weight excluding hydrogens is 401 g/mol. The Morgan fingerprint density at radius 2 is 1.32 bits per heavy atom. The van der Waals surface area contributed by atoms with Crippen molar-refractivity contribution in [2.45, 2.75) is 4.90 Å². The SMILES string of the molecule is O=S(=O)(Nc1ccccc1-c1cc(Cl)c(Cl)c(Cl)c1)c1ccccc1. The zero-order valence-corrected chi connectivity index (χ0v) is 15.8. The lowest BCUT2D eigenvalue weighted by molar-refractivity contribution is 0.601. The Kier molecular flexibility index (Phi) is 5.25. The maximum absolute atomic E-state index is 12.6. The van der Waals surface area contributed by atoms with Crippen LogP contribution in [-0.2, 0) is 10.0 Å². The summed E-state index contributed by atoms with van der Waals surface area (Å²) in [7, 11) is -3.71. The summed E-state index contributed by atoms with van der Waals surface area (Å²) in [5.74, 6) is 0. The molecule has 3 rings (SSSR count). The summed E-state index contributed by atoms with van der Waals surface area (Å²) >= 11 is 18.2. The zero-order valence-electron chi connectivity index (χ0n) is 12.7. The number of sulfonamides is 1. The first-order chi connectivity index (χ1) is 11.9. The predicted molar refractivity (Wildman–Crippen MR) is 104 cm³/mol. The van der Waals surface area contributed by atoms with Crippen molar-refractivity contribution in [1.29, 1.82) is 0 Å². The summed E-state index contributed by atoms with van der Waals surface area (Å²) in [6.07, 6.45) is 0. The molecule has 0 aliphatic heterocycles. The van der Waals surface area contributed by atoms with Crippen LogP contribution in [0.4, 0.5) is 5.69 Å². The fraction of sp³-hybridized carbons (Fsp3) is 0. The minimum atomic E-state index is -3.71. The van der Waals surface area contributed by atoms with Gasteiger partial charge < -0.3 is 0 Å². The minimum Gasteiger partial charge on any atom is -0.279 e. The summed E-state index contributed by atoms with van der Waals surface area (Å²) in [6.45, 7) is 0. The van der Waals surface area contributed by atoms with Crippen LogP contribution < -0.4 is 4.72 Å². The first kappa shape index (κ1) is 18.1. The van der Waals surface area contributed by atoms with Gasteiger partial charge in [0.2, 0.25) is 0 Å². The molecule has 0 amide bonds. The second-order valence-electron chi connectivity index (χ2n) is 5.22. The van der Waals surface area contributed by atoms with Crippen LogP contribution in [0.5, 0.6) is 0 Å². The average molecular weight is 413 g/mol. The molecule has 128 valence electrons. The molecule has 0 bridgehead atoms. The smallest absolute Gasteiger partial charge is 0.261 e. The first-order valence-corrected chi connectivity index (χ1v) is 9.82. The van der Waals surface area contributed by atoms with Crippen LogP contribution in [0, 0.1) is 0 Å². The van der Waals surface area contributed by atoms with Crippen molar-refractivity contribution in [3.8, 4) is 11.1 Å². The molecule has 0 aromatic heterocycles. The number of para-hydroxylation sites is 1. The molecule has 25 heavy (non-hydrogen) atoms. The molecule has 0 heterocycles. The van der Waals surface area contributed by atoms with Crippen molar-refractivity contribution in [3.63, 3.8) is 0 Å². The van der Waals surface area contributed by atoms with Gasteiger partial charge in [0.05, 0.1) is 25.7 Å². The van der Waals surface area contributed by atoms with Crippen molar-refractivity contribution in [3.05, 3.63) is 81.8 Å². The molecule has 3 nitrogen and oxygen atoms in total. The van der Waals surface area contributed by atoms with E-state index in [0.29, 0.717) is 26.9 Å². The maximum Gasteiger partial charge on any atom is 0.261 e. The number of benzene rings is 3. The van der Waals surface area contributed by atoms with Gasteiger partial charge in [-0.25, -0.2) is 8.42 Å². The number of rotatable bonds is 4. The number of hydrogen-bond acceptors (Lipinski definition) is 2. The van der Waals surface area contributed by atoms with Gasteiger partial charge in [0.1, 0.15) is 0 Å². The Balaban J connectivity index is 2.06. The Hall–Kier alpha value is -1.72. The molecule has 0 aliphatic carbocycles. The van der Waals surface area contributed by atoms with Crippen molar-refractivity contribution in [2.24, 2.45) is 0 Å². The fourth-order valence-corrected chi connectivity index (χ4v) is 4.04. The minimum absolute atomic E-state index is 0.178. The lowest BCUT2D eigenvalue weighted by Gasteiger charge is -2.14. The van der Waals surface area contributed by atoms with E-state index in [1.165, 1.54) is 12.1 Å². The summed E-state index contributed by atoms with van der Waals surface area (Å²) in [6, 6.07) is 18.4. The zero-order chi connectivity index (χ0) is 18.0. The molecule has 0 spiro atoms. The monoisotopic (exact) mass is 411 g/mol. The second-order valence-corrected chi connectivity index (χ2v) is 8.09. The van der Waals surface area contributed by atoms with Gasteiger partial charge in [0.15, 0.2) is 0 Å². The number of nitrogens with one attached hydrogen (secondary N) is 1. The van der Waals surface area contributed by atoms with Gasteiger partial charge >= 0.3 is 0 Å². The standard InChI is InChI=1S/C18H12Cl3NO2S/c19-15-10-12(11-16(20)18(15)21)14-8-4-5-9-17(14)22-25(23,24)13-6-2-1-3-7-13/h1-11,22H. The quantitative estimate of drug-likeness (QED) is 0.525. The van der Waals surface area contributed by atoms with Crippen molar-refractivity contribution in [2.75, 3.05) is 4.72 Å². The topological polar surface area (TPSA) is 46.2 Å². The third-order valence-electron chi connectivity index (χ3n) is 3.52. The number of hydrogen-bond donors (Lipinski definition) is 1. The fourth-order valence-electron chi connectivity index (χ4n) is 2.34. The molecule has 0 fully saturated rings. The van der Waals surface area contributed by atoms with E-state index >= 15 is 0 Å².